The van der Waals surface area contributed by atoms with Gasteiger partial charge in [-0.1, -0.05) is 41.6 Å². The Labute approximate surface area is 173 Å². The standard InChI is InChI=1S/C22H22FN5O2/c1-15-21(25-26-28(15)19-9-5-8-18(23)11-19)22(30)24-12-17-10-20(29)27(14-17)13-16-6-3-2-4-7-16/h2-9,11,17H,10,12-14H2,1H3,(H,24,30). The molecule has 0 bridgehead atoms. The lowest BCUT2D eigenvalue weighted by atomic mass is 10.1. The molecule has 0 spiro atoms. The van der Waals surface area contributed by atoms with Crippen molar-refractivity contribution in [3.63, 3.8) is 0 Å². The van der Waals surface area contributed by atoms with Crippen molar-refractivity contribution in [2.24, 2.45) is 5.92 Å². The average molecular weight is 407 g/mol. The monoisotopic (exact) mass is 407 g/mol. The van der Waals surface area contributed by atoms with Crippen molar-refractivity contribution < 1.29 is 14.0 Å². The van der Waals surface area contributed by atoms with E-state index in [-0.39, 0.29) is 29.2 Å². The van der Waals surface area contributed by atoms with Crippen LogP contribution in [0.5, 0.6) is 0 Å². The van der Waals surface area contributed by atoms with Gasteiger partial charge in [-0.2, -0.15) is 0 Å². The number of benzene rings is 2. The highest BCUT2D eigenvalue weighted by Crippen LogP contribution is 2.20. The van der Waals surface area contributed by atoms with Gasteiger partial charge < -0.3 is 10.2 Å². The van der Waals surface area contributed by atoms with Gasteiger partial charge in [0.2, 0.25) is 5.91 Å². The maximum Gasteiger partial charge on any atom is 0.273 e. The quantitative estimate of drug-likeness (QED) is 0.681. The fourth-order valence-corrected chi connectivity index (χ4v) is 3.66. The molecular formula is C22H22FN5O2. The molecule has 8 heteroatoms. The third-order valence-electron chi connectivity index (χ3n) is 5.22. The molecule has 1 saturated heterocycles. The van der Waals surface area contributed by atoms with Gasteiger partial charge in [-0.3, -0.25) is 9.59 Å². The molecule has 0 radical (unpaired) electrons. The van der Waals surface area contributed by atoms with Crippen LogP contribution in [0.1, 0.15) is 28.2 Å². The first-order chi connectivity index (χ1) is 14.5. The van der Waals surface area contributed by atoms with Gasteiger partial charge in [0, 0.05) is 32.0 Å². The molecule has 1 N–H and O–H groups in total. The van der Waals surface area contributed by atoms with Crippen LogP contribution in [-0.2, 0) is 11.3 Å². The number of halogens is 1. The number of likely N-dealkylation sites (tertiary alicyclic amines) is 1. The van der Waals surface area contributed by atoms with Crippen molar-refractivity contribution in [3.8, 4) is 5.69 Å². The molecule has 0 aliphatic carbocycles. The molecule has 154 valence electrons. The highest BCUT2D eigenvalue weighted by molar-refractivity contribution is 5.93. The van der Waals surface area contributed by atoms with Gasteiger partial charge in [0.05, 0.1) is 11.4 Å². The SMILES string of the molecule is Cc1c(C(=O)NCC2CC(=O)N(Cc3ccccc3)C2)nnn1-c1cccc(F)c1. The lowest BCUT2D eigenvalue weighted by Gasteiger charge is -2.17. The Bertz CT molecular complexity index is 1070. The van der Waals surface area contributed by atoms with Gasteiger partial charge in [-0.25, -0.2) is 9.07 Å². The third-order valence-corrected chi connectivity index (χ3v) is 5.22. The van der Waals surface area contributed by atoms with Crippen molar-refractivity contribution in [1.29, 1.82) is 0 Å². The van der Waals surface area contributed by atoms with E-state index >= 15 is 0 Å². The van der Waals surface area contributed by atoms with E-state index in [9.17, 15) is 14.0 Å². The molecule has 2 amide bonds. The molecule has 0 saturated carbocycles. The van der Waals surface area contributed by atoms with E-state index < -0.39 is 0 Å². The Balaban J connectivity index is 1.36. The number of amides is 2. The van der Waals surface area contributed by atoms with Gasteiger partial charge in [0.1, 0.15) is 5.82 Å². The van der Waals surface area contributed by atoms with Crippen LogP contribution in [0.15, 0.2) is 54.6 Å². The summed E-state index contributed by atoms with van der Waals surface area (Å²) in [6, 6.07) is 15.8. The first-order valence-electron chi connectivity index (χ1n) is 9.79. The molecule has 30 heavy (non-hydrogen) atoms. The predicted molar refractivity (Wildman–Crippen MR) is 108 cm³/mol. The second kappa shape index (κ2) is 8.44. The van der Waals surface area contributed by atoms with Crippen LogP contribution in [0, 0.1) is 18.7 Å². The van der Waals surface area contributed by atoms with E-state index in [0.717, 1.165) is 5.56 Å². The van der Waals surface area contributed by atoms with E-state index in [0.29, 0.717) is 37.4 Å². The minimum atomic E-state index is -0.389. The molecule has 1 atom stereocenters. The number of rotatable bonds is 6. The summed E-state index contributed by atoms with van der Waals surface area (Å²) in [6.07, 6.45) is 0.405. The molecule has 1 aliphatic rings. The highest BCUT2D eigenvalue weighted by atomic mass is 19.1. The van der Waals surface area contributed by atoms with Crippen molar-refractivity contribution in [2.45, 2.75) is 19.9 Å². The topological polar surface area (TPSA) is 80.1 Å². The molecular weight excluding hydrogens is 385 g/mol. The largest absolute Gasteiger partial charge is 0.350 e. The molecule has 3 aromatic rings. The summed E-state index contributed by atoms with van der Waals surface area (Å²) in [5.74, 6) is -0.612. The van der Waals surface area contributed by atoms with Gasteiger partial charge >= 0.3 is 0 Å². The van der Waals surface area contributed by atoms with E-state index in [1.807, 2.05) is 35.2 Å². The van der Waals surface area contributed by atoms with Crippen LogP contribution in [0.25, 0.3) is 5.69 Å². The summed E-state index contributed by atoms with van der Waals surface area (Å²) in [4.78, 5) is 26.7. The molecule has 1 unspecified atom stereocenters. The minimum Gasteiger partial charge on any atom is -0.350 e. The van der Waals surface area contributed by atoms with Crippen molar-refractivity contribution in [2.75, 3.05) is 13.1 Å². The van der Waals surface area contributed by atoms with Crippen LogP contribution in [-0.4, -0.2) is 44.8 Å². The van der Waals surface area contributed by atoms with E-state index in [1.54, 1.807) is 19.1 Å². The first kappa shape index (κ1) is 19.8. The lowest BCUT2D eigenvalue weighted by Crippen LogP contribution is -2.31. The number of carbonyl (C=O) groups is 2. The maximum atomic E-state index is 13.5. The minimum absolute atomic E-state index is 0.0451. The molecule has 7 nitrogen and oxygen atoms in total. The number of hydrogen-bond acceptors (Lipinski definition) is 4. The Kier molecular flexibility index (Phi) is 5.56. The highest BCUT2D eigenvalue weighted by Gasteiger charge is 2.30. The number of nitrogens with zero attached hydrogens (tertiary/aromatic N) is 4. The van der Waals surface area contributed by atoms with Gasteiger partial charge in [-0.05, 0) is 30.7 Å². The third kappa shape index (κ3) is 4.22. The Morgan fingerprint density at radius 3 is 2.77 bits per heavy atom. The van der Waals surface area contributed by atoms with E-state index in [1.165, 1.54) is 16.8 Å². The number of carbonyl (C=O) groups excluding carboxylic acids is 2. The molecule has 2 heterocycles. The van der Waals surface area contributed by atoms with E-state index in [4.69, 9.17) is 0 Å². The van der Waals surface area contributed by atoms with E-state index in [2.05, 4.69) is 15.6 Å². The smallest absolute Gasteiger partial charge is 0.273 e. The zero-order valence-corrected chi connectivity index (χ0v) is 16.6. The Morgan fingerprint density at radius 1 is 1.20 bits per heavy atom. The average Bonchev–Trinajstić information content (AvgIpc) is 3.29. The maximum absolute atomic E-state index is 13.5. The molecule has 1 aromatic heterocycles. The summed E-state index contributed by atoms with van der Waals surface area (Å²) in [7, 11) is 0. The molecule has 1 aliphatic heterocycles. The van der Waals surface area contributed by atoms with Crippen LogP contribution in [0.4, 0.5) is 4.39 Å². The summed E-state index contributed by atoms with van der Waals surface area (Å²) >= 11 is 0. The fourth-order valence-electron chi connectivity index (χ4n) is 3.66. The number of aromatic nitrogens is 3. The van der Waals surface area contributed by atoms with Crippen molar-refractivity contribution in [1.82, 2.24) is 25.2 Å². The van der Waals surface area contributed by atoms with Crippen LogP contribution < -0.4 is 5.32 Å². The predicted octanol–water partition coefficient (Wildman–Crippen LogP) is 2.49. The van der Waals surface area contributed by atoms with Crippen molar-refractivity contribution in [3.05, 3.63) is 77.4 Å². The summed E-state index contributed by atoms with van der Waals surface area (Å²) in [5, 5.41) is 10.8. The summed E-state index contributed by atoms with van der Waals surface area (Å²) < 4.78 is 14.9. The second-order valence-corrected chi connectivity index (χ2v) is 7.46. The van der Waals surface area contributed by atoms with Crippen molar-refractivity contribution >= 4 is 11.8 Å². The Morgan fingerprint density at radius 2 is 2.00 bits per heavy atom. The molecule has 1 fully saturated rings. The summed E-state index contributed by atoms with van der Waals surface area (Å²) in [6.45, 7) is 3.26. The molecule has 2 aromatic carbocycles. The zero-order valence-electron chi connectivity index (χ0n) is 16.6. The number of hydrogen-bond donors (Lipinski definition) is 1. The van der Waals surface area contributed by atoms with Crippen LogP contribution in [0.2, 0.25) is 0 Å². The number of nitrogens with one attached hydrogen (secondary N) is 1. The normalized spacial score (nSPS) is 16.1. The zero-order chi connectivity index (χ0) is 21.1. The Hall–Kier alpha value is -3.55. The van der Waals surface area contributed by atoms with Gasteiger partial charge in [-0.15, -0.1) is 5.10 Å². The lowest BCUT2D eigenvalue weighted by molar-refractivity contribution is -0.128. The second-order valence-electron chi connectivity index (χ2n) is 7.46. The van der Waals surface area contributed by atoms with Gasteiger partial charge in [0.25, 0.3) is 5.91 Å². The fraction of sp³-hybridized carbons (Fsp3) is 0.273. The van der Waals surface area contributed by atoms with Crippen LogP contribution in [0.3, 0.4) is 0 Å². The van der Waals surface area contributed by atoms with Gasteiger partial charge in [0.15, 0.2) is 5.69 Å². The summed E-state index contributed by atoms with van der Waals surface area (Å²) in [5.41, 5.74) is 2.29. The first-order valence-corrected chi connectivity index (χ1v) is 9.79. The molecule has 4 rings (SSSR count). The van der Waals surface area contributed by atoms with Crippen LogP contribution >= 0.6 is 0 Å².